The maximum absolute atomic E-state index is 13.9. The van der Waals surface area contributed by atoms with Crippen LogP contribution in [0.25, 0.3) is 0 Å². The molecule has 0 saturated heterocycles. The Morgan fingerprint density at radius 1 is 1.33 bits per heavy atom. The lowest BCUT2D eigenvalue weighted by atomic mass is 9.69. The van der Waals surface area contributed by atoms with E-state index in [-0.39, 0.29) is 42.9 Å². The van der Waals surface area contributed by atoms with Crippen LogP contribution in [-0.4, -0.2) is 18.2 Å². The Hall–Kier alpha value is -2.30. The van der Waals surface area contributed by atoms with Gasteiger partial charge in [0.1, 0.15) is 11.9 Å². The quantitative estimate of drug-likeness (QED) is 0.829. The molecule has 4 rings (SSSR count). The first-order chi connectivity index (χ1) is 11.3. The second kappa shape index (κ2) is 5.65. The average Bonchev–Trinajstić information content (AvgIpc) is 3.01. The van der Waals surface area contributed by atoms with Crippen molar-refractivity contribution < 1.29 is 22.4 Å². The minimum absolute atomic E-state index is 0.0558. The van der Waals surface area contributed by atoms with Gasteiger partial charge >= 0.3 is 12.2 Å². The lowest BCUT2D eigenvalue weighted by molar-refractivity contribution is -0.244. The Balaban J connectivity index is 1.54. The number of benzene rings is 1. The number of hydrogen-bond acceptors (Lipinski definition) is 2. The monoisotopic (exact) mass is 341 g/mol. The van der Waals surface area contributed by atoms with Gasteiger partial charge in [-0.2, -0.15) is 18.4 Å². The van der Waals surface area contributed by atoms with Gasteiger partial charge in [0.05, 0.1) is 11.0 Å². The number of nitrogens with one attached hydrogen (secondary N) is 2. The number of hydrogen-bond donors (Lipinski definition) is 2. The summed E-state index contributed by atoms with van der Waals surface area (Å²) >= 11 is 0. The molecule has 0 radical (unpaired) electrons. The second-order valence-electron chi connectivity index (χ2n) is 6.47. The molecule has 1 aromatic carbocycles. The zero-order valence-corrected chi connectivity index (χ0v) is 12.6. The highest BCUT2D eigenvalue weighted by molar-refractivity contribution is 5.74. The van der Waals surface area contributed by atoms with Crippen LogP contribution < -0.4 is 10.6 Å². The topological polar surface area (TPSA) is 64.9 Å². The number of fused-ring (bicyclic) bond motifs is 1. The molecule has 2 N–H and O–H groups in total. The maximum Gasteiger partial charge on any atom is 0.394 e. The molecule has 24 heavy (non-hydrogen) atoms. The van der Waals surface area contributed by atoms with Gasteiger partial charge in [0.2, 0.25) is 0 Å². The van der Waals surface area contributed by atoms with Crippen LogP contribution in [0.5, 0.6) is 0 Å². The zero-order valence-electron chi connectivity index (χ0n) is 12.6. The molecule has 1 aromatic rings. The van der Waals surface area contributed by atoms with E-state index in [9.17, 15) is 22.4 Å². The molecule has 4 nitrogen and oxygen atoms in total. The van der Waals surface area contributed by atoms with Crippen molar-refractivity contribution in [2.24, 2.45) is 11.3 Å². The SMILES string of the molecule is N#Cc1cccc(CNC(=O)N[C@@H]2CC3(C(F)(F)F)CC2C3)c1F. The third kappa shape index (κ3) is 2.68. The Kier molecular flexibility index (Phi) is 3.90. The third-order valence-corrected chi connectivity index (χ3v) is 5.04. The van der Waals surface area contributed by atoms with Gasteiger partial charge in [-0.1, -0.05) is 12.1 Å². The van der Waals surface area contributed by atoms with Crippen LogP contribution in [0.2, 0.25) is 0 Å². The third-order valence-electron chi connectivity index (χ3n) is 5.04. The maximum atomic E-state index is 13.9. The van der Waals surface area contributed by atoms with E-state index in [0.717, 1.165) is 0 Å². The number of rotatable bonds is 3. The van der Waals surface area contributed by atoms with Gasteiger partial charge in [-0.25, -0.2) is 9.18 Å². The van der Waals surface area contributed by atoms with Gasteiger partial charge in [0.25, 0.3) is 0 Å². The van der Waals surface area contributed by atoms with Crippen molar-refractivity contribution in [1.82, 2.24) is 10.6 Å². The highest BCUT2D eigenvalue weighted by Crippen LogP contribution is 2.65. The van der Waals surface area contributed by atoms with Gasteiger partial charge in [-0.05, 0) is 31.2 Å². The van der Waals surface area contributed by atoms with Crippen molar-refractivity contribution in [2.75, 3.05) is 0 Å². The molecule has 0 aromatic heterocycles. The molecule has 0 heterocycles. The molecule has 128 valence electrons. The number of carbonyl (C=O) groups is 1. The predicted molar refractivity (Wildman–Crippen MR) is 76.1 cm³/mol. The summed E-state index contributed by atoms with van der Waals surface area (Å²) in [6.07, 6.45) is -4.23. The van der Waals surface area contributed by atoms with E-state index in [0.29, 0.717) is 0 Å². The number of nitrogens with zero attached hydrogens (tertiary/aromatic N) is 1. The Morgan fingerprint density at radius 3 is 2.62 bits per heavy atom. The van der Waals surface area contributed by atoms with E-state index in [1.165, 1.54) is 18.2 Å². The van der Waals surface area contributed by atoms with Crippen LogP contribution in [0.3, 0.4) is 0 Å². The number of urea groups is 1. The smallest absolute Gasteiger partial charge is 0.335 e. The number of nitriles is 1. The molecule has 3 aliphatic rings. The zero-order chi connectivity index (χ0) is 17.5. The number of carbonyl (C=O) groups excluding carboxylic acids is 1. The molecule has 3 aliphatic carbocycles. The summed E-state index contributed by atoms with van der Waals surface area (Å²) < 4.78 is 52.8. The molecule has 0 unspecified atom stereocenters. The Bertz CT molecular complexity index is 704. The van der Waals surface area contributed by atoms with E-state index < -0.39 is 29.5 Å². The fraction of sp³-hybridized carbons (Fsp3) is 0.500. The molecular formula is C16H15F4N3O. The highest BCUT2D eigenvalue weighted by Gasteiger charge is 2.68. The van der Waals surface area contributed by atoms with Crippen molar-refractivity contribution in [2.45, 2.75) is 38.0 Å². The lowest BCUT2D eigenvalue weighted by Gasteiger charge is -2.39. The van der Waals surface area contributed by atoms with E-state index in [2.05, 4.69) is 10.6 Å². The molecule has 1 atom stereocenters. The van der Waals surface area contributed by atoms with Crippen LogP contribution in [0.1, 0.15) is 30.4 Å². The van der Waals surface area contributed by atoms with Crippen molar-refractivity contribution in [3.8, 4) is 6.07 Å². The van der Waals surface area contributed by atoms with Crippen molar-refractivity contribution >= 4 is 6.03 Å². The second-order valence-corrected chi connectivity index (χ2v) is 6.47. The van der Waals surface area contributed by atoms with E-state index >= 15 is 0 Å². The van der Waals surface area contributed by atoms with Crippen LogP contribution in [0, 0.1) is 28.5 Å². The predicted octanol–water partition coefficient (Wildman–Crippen LogP) is 3.23. The van der Waals surface area contributed by atoms with Gasteiger partial charge in [-0.3, -0.25) is 0 Å². The first-order valence-electron chi connectivity index (χ1n) is 7.54. The number of amides is 2. The summed E-state index contributed by atoms with van der Waals surface area (Å²) in [7, 11) is 0. The Labute approximate surface area is 135 Å². The standard InChI is InChI=1S/C16H15F4N3O/c17-13-9(7-21)2-1-3-10(13)8-22-14(24)23-12-6-15(16(18,19)20)4-11(12)5-15/h1-3,11-12H,4-6,8H2,(H2,22,23,24)/t11?,12-,15?/m1/s1. The average molecular weight is 341 g/mol. The Morgan fingerprint density at radius 2 is 2.04 bits per heavy atom. The van der Waals surface area contributed by atoms with E-state index in [1.54, 1.807) is 6.07 Å². The normalized spacial score (nSPS) is 28.0. The molecular weight excluding hydrogens is 326 g/mol. The molecule has 0 spiro atoms. The van der Waals surface area contributed by atoms with Gasteiger partial charge in [0, 0.05) is 18.2 Å². The molecule has 0 aliphatic heterocycles. The van der Waals surface area contributed by atoms with Gasteiger partial charge in [-0.15, -0.1) is 0 Å². The molecule has 2 amide bonds. The van der Waals surface area contributed by atoms with E-state index in [1.807, 2.05) is 0 Å². The lowest BCUT2D eigenvalue weighted by Crippen LogP contribution is -2.44. The van der Waals surface area contributed by atoms with Crippen LogP contribution in [0.4, 0.5) is 22.4 Å². The summed E-state index contributed by atoms with van der Waals surface area (Å²) in [6, 6.07) is 4.81. The number of halogens is 4. The fourth-order valence-corrected chi connectivity index (χ4v) is 3.70. The van der Waals surface area contributed by atoms with Gasteiger partial charge in [0.15, 0.2) is 0 Å². The molecule has 2 bridgehead atoms. The summed E-state index contributed by atoms with van der Waals surface area (Å²) in [4.78, 5) is 11.9. The highest BCUT2D eigenvalue weighted by atomic mass is 19.4. The van der Waals surface area contributed by atoms with Crippen molar-refractivity contribution in [1.29, 1.82) is 5.26 Å². The first-order valence-corrected chi connectivity index (χ1v) is 7.54. The first kappa shape index (κ1) is 16.6. The van der Waals surface area contributed by atoms with Crippen molar-refractivity contribution in [3.05, 3.63) is 35.1 Å². The molecule has 3 saturated carbocycles. The van der Waals surface area contributed by atoms with Crippen molar-refractivity contribution in [3.63, 3.8) is 0 Å². The van der Waals surface area contributed by atoms with E-state index in [4.69, 9.17) is 5.26 Å². The summed E-state index contributed by atoms with van der Waals surface area (Å²) in [5.74, 6) is -0.865. The molecule has 3 fully saturated rings. The van der Waals surface area contributed by atoms with Crippen LogP contribution >= 0.6 is 0 Å². The van der Waals surface area contributed by atoms with Crippen LogP contribution in [-0.2, 0) is 6.54 Å². The minimum Gasteiger partial charge on any atom is -0.335 e. The summed E-state index contributed by atoms with van der Waals surface area (Å²) in [5.41, 5.74) is -1.63. The minimum atomic E-state index is -4.24. The van der Waals surface area contributed by atoms with Gasteiger partial charge < -0.3 is 10.6 Å². The number of alkyl halides is 3. The molecule has 8 heteroatoms. The largest absolute Gasteiger partial charge is 0.394 e. The summed E-state index contributed by atoms with van der Waals surface area (Å²) in [5, 5.41) is 13.7. The summed E-state index contributed by atoms with van der Waals surface area (Å²) in [6.45, 7) is -0.144. The fourth-order valence-electron chi connectivity index (χ4n) is 3.70. The van der Waals surface area contributed by atoms with Crippen LogP contribution in [0.15, 0.2) is 18.2 Å².